The number of hydrogen-bond donors (Lipinski definition) is 1. The predicted octanol–water partition coefficient (Wildman–Crippen LogP) is 1.52. The molecule has 0 radical (unpaired) electrons. The average Bonchev–Trinajstić information content (AvgIpc) is 2.15. The fourth-order valence-electron chi connectivity index (χ4n) is 1.52. The molecule has 1 heterocycles. The van der Waals surface area contributed by atoms with Gasteiger partial charge in [-0.2, -0.15) is 0 Å². The summed E-state index contributed by atoms with van der Waals surface area (Å²) >= 11 is 0. The van der Waals surface area contributed by atoms with Gasteiger partial charge in [-0.25, -0.2) is 0 Å². The normalized spacial score (nSPS) is 22.6. The summed E-state index contributed by atoms with van der Waals surface area (Å²) in [6.45, 7) is 0.762. The fraction of sp³-hybridized carbons (Fsp3) is 0.455. The van der Waals surface area contributed by atoms with Crippen molar-refractivity contribution in [3.05, 3.63) is 29.8 Å². The summed E-state index contributed by atoms with van der Waals surface area (Å²) in [4.78, 5) is 0. The minimum atomic E-state index is -0.505. The minimum absolute atomic E-state index is 0.0246. The lowest BCUT2D eigenvalue weighted by molar-refractivity contribution is -0.118. The van der Waals surface area contributed by atoms with E-state index in [2.05, 4.69) is 0 Å². The second kappa shape index (κ2) is 3.98. The first-order valence-corrected chi connectivity index (χ1v) is 4.75. The summed E-state index contributed by atoms with van der Waals surface area (Å²) < 4.78 is 10.3. The third-order valence-electron chi connectivity index (χ3n) is 2.54. The van der Waals surface area contributed by atoms with Crippen LogP contribution >= 0.6 is 0 Å². The van der Waals surface area contributed by atoms with Gasteiger partial charge in [0.05, 0.1) is 13.2 Å². The first-order chi connectivity index (χ1) is 6.81. The largest absolute Gasteiger partial charge is 0.497 e. The zero-order valence-electron chi connectivity index (χ0n) is 8.14. The van der Waals surface area contributed by atoms with Gasteiger partial charge in [0.1, 0.15) is 11.9 Å². The van der Waals surface area contributed by atoms with Gasteiger partial charge >= 0.3 is 0 Å². The van der Waals surface area contributed by atoms with Gasteiger partial charge in [0.2, 0.25) is 0 Å². The van der Waals surface area contributed by atoms with Gasteiger partial charge in [0.15, 0.2) is 0 Å². The number of benzene rings is 1. The Bertz CT molecular complexity index is 290. The summed E-state index contributed by atoms with van der Waals surface area (Å²) in [5.41, 5.74) is 0.885. The Hall–Kier alpha value is -1.06. The van der Waals surface area contributed by atoms with Crippen LogP contribution in [0.4, 0.5) is 0 Å². The summed E-state index contributed by atoms with van der Waals surface area (Å²) in [5, 5.41) is 9.84. The zero-order chi connectivity index (χ0) is 9.97. The van der Waals surface area contributed by atoms with Crippen LogP contribution in [0.2, 0.25) is 0 Å². The molecule has 1 aliphatic heterocycles. The van der Waals surface area contributed by atoms with E-state index in [0.29, 0.717) is 0 Å². The molecule has 0 spiro atoms. The predicted molar refractivity (Wildman–Crippen MR) is 52.3 cm³/mol. The number of methoxy groups -OCH3 is 1. The fourth-order valence-corrected chi connectivity index (χ4v) is 1.52. The van der Waals surface area contributed by atoms with Crippen molar-refractivity contribution >= 4 is 0 Å². The Balaban J connectivity index is 2.07. The standard InChI is InChI=1S/C11H14O3/c1-13-9-4-2-8(3-5-9)11(12)10-6-7-14-10/h2-5,10-12H,6-7H2,1H3. The van der Waals surface area contributed by atoms with Crippen molar-refractivity contribution in [2.24, 2.45) is 0 Å². The van der Waals surface area contributed by atoms with Gasteiger partial charge < -0.3 is 14.6 Å². The lowest BCUT2D eigenvalue weighted by atomic mass is 9.99. The molecule has 1 saturated heterocycles. The van der Waals surface area contributed by atoms with Crippen molar-refractivity contribution in [2.45, 2.75) is 18.6 Å². The molecular formula is C11H14O3. The molecule has 2 unspecified atom stereocenters. The van der Waals surface area contributed by atoms with Gasteiger partial charge in [-0.3, -0.25) is 0 Å². The molecule has 3 nitrogen and oxygen atoms in total. The van der Waals surface area contributed by atoms with Crippen molar-refractivity contribution in [1.29, 1.82) is 0 Å². The maximum atomic E-state index is 9.84. The van der Waals surface area contributed by atoms with Crippen molar-refractivity contribution in [3.8, 4) is 5.75 Å². The molecule has 1 fully saturated rings. The SMILES string of the molecule is COc1ccc(C(O)C2CCO2)cc1. The molecule has 1 aromatic carbocycles. The molecule has 2 atom stereocenters. The van der Waals surface area contributed by atoms with E-state index in [4.69, 9.17) is 9.47 Å². The Morgan fingerprint density at radius 1 is 1.43 bits per heavy atom. The summed E-state index contributed by atoms with van der Waals surface area (Å²) in [5.74, 6) is 0.801. The van der Waals surface area contributed by atoms with E-state index in [1.165, 1.54) is 0 Å². The zero-order valence-corrected chi connectivity index (χ0v) is 8.14. The van der Waals surface area contributed by atoms with Crippen LogP contribution in [0, 0.1) is 0 Å². The quantitative estimate of drug-likeness (QED) is 0.792. The van der Waals surface area contributed by atoms with Crippen LogP contribution in [0.5, 0.6) is 5.75 Å². The third kappa shape index (κ3) is 1.74. The van der Waals surface area contributed by atoms with Crippen LogP contribution < -0.4 is 4.74 Å². The maximum absolute atomic E-state index is 9.84. The van der Waals surface area contributed by atoms with E-state index in [0.717, 1.165) is 24.3 Å². The van der Waals surface area contributed by atoms with E-state index in [9.17, 15) is 5.11 Å². The van der Waals surface area contributed by atoms with Crippen molar-refractivity contribution in [2.75, 3.05) is 13.7 Å². The lowest BCUT2D eigenvalue weighted by Gasteiger charge is -2.31. The maximum Gasteiger partial charge on any atom is 0.118 e. The molecule has 3 heteroatoms. The van der Waals surface area contributed by atoms with Gasteiger partial charge in [-0.05, 0) is 24.1 Å². The van der Waals surface area contributed by atoms with Crippen LogP contribution in [0.15, 0.2) is 24.3 Å². The molecule has 2 rings (SSSR count). The Morgan fingerprint density at radius 2 is 2.07 bits per heavy atom. The summed E-state index contributed by atoms with van der Waals surface area (Å²) in [6, 6.07) is 7.42. The number of rotatable bonds is 3. The van der Waals surface area contributed by atoms with Crippen LogP contribution in [0.25, 0.3) is 0 Å². The molecule has 0 saturated carbocycles. The van der Waals surface area contributed by atoms with Crippen LogP contribution in [-0.2, 0) is 4.74 Å². The minimum Gasteiger partial charge on any atom is -0.497 e. The van der Waals surface area contributed by atoms with Crippen molar-refractivity contribution in [1.82, 2.24) is 0 Å². The highest BCUT2D eigenvalue weighted by molar-refractivity contribution is 5.29. The lowest BCUT2D eigenvalue weighted by Crippen LogP contribution is -2.32. The smallest absolute Gasteiger partial charge is 0.118 e. The topological polar surface area (TPSA) is 38.7 Å². The van der Waals surface area contributed by atoms with E-state index in [1.807, 2.05) is 24.3 Å². The highest BCUT2D eigenvalue weighted by Crippen LogP contribution is 2.27. The Morgan fingerprint density at radius 3 is 2.50 bits per heavy atom. The second-order valence-corrected chi connectivity index (χ2v) is 3.42. The highest BCUT2D eigenvalue weighted by Gasteiger charge is 2.27. The van der Waals surface area contributed by atoms with Crippen LogP contribution in [0.1, 0.15) is 18.1 Å². The van der Waals surface area contributed by atoms with E-state index in [1.54, 1.807) is 7.11 Å². The molecule has 14 heavy (non-hydrogen) atoms. The van der Waals surface area contributed by atoms with E-state index in [-0.39, 0.29) is 6.10 Å². The Kier molecular flexibility index (Phi) is 2.70. The third-order valence-corrected chi connectivity index (χ3v) is 2.54. The van der Waals surface area contributed by atoms with Gasteiger partial charge in [-0.15, -0.1) is 0 Å². The number of ether oxygens (including phenoxy) is 2. The van der Waals surface area contributed by atoms with Crippen LogP contribution in [-0.4, -0.2) is 24.9 Å². The number of hydrogen-bond acceptors (Lipinski definition) is 3. The van der Waals surface area contributed by atoms with E-state index >= 15 is 0 Å². The average molecular weight is 194 g/mol. The molecule has 1 aromatic rings. The molecule has 0 aliphatic carbocycles. The molecule has 0 amide bonds. The van der Waals surface area contributed by atoms with Crippen molar-refractivity contribution < 1.29 is 14.6 Å². The van der Waals surface area contributed by atoms with Crippen LogP contribution in [0.3, 0.4) is 0 Å². The molecule has 1 N–H and O–H groups in total. The molecule has 1 aliphatic rings. The number of aliphatic hydroxyl groups excluding tert-OH is 1. The summed E-state index contributed by atoms with van der Waals surface area (Å²) in [7, 11) is 1.63. The first-order valence-electron chi connectivity index (χ1n) is 4.75. The highest BCUT2D eigenvalue weighted by atomic mass is 16.5. The summed E-state index contributed by atoms with van der Waals surface area (Å²) in [6.07, 6.45) is 0.408. The van der Waals surface area contributed by atoms with E-state index < -0.39 is 6.10 Å². The first kappa shape index (κ1) is 9.49. The Labute approximate surface area is 83.3 Å². The van der Waals surface area contributed by atoms with Gasteiger partial charge in [0.25, 0.3) is 0 Å². The molecular weight excluding hydrogens is 180 g/mol. The molecule has 76 valence electrons. The van der Waals surface area contributed by atoms with Gasteiger partial charge in [0, 0.05) is 6.61 Å². The second-order valence-electron chi connectivity index (χ2n) is 3.42. The van der Waals surface area contributed by atoms with Gasteiger partial charge in [-0.1, -0.05) is 12.1 Å². The van der Waals surface area contributed by atoms with Crippen molar-refractivity contribution in [3.63, 3.8) is 0 Å². The molecule has 0 bridgehead atoms. The number of aliphatic hydroxyl groups is 1. The monoisotopic (exact) mass is 194 g/mol. The molecule has 0 aromatic heterocycles.